The summed E-state index contributed by atoms with van der Waals surface area (Å²) in [4.78, 5) is 10.2. The third-order valence-electron chi connectivity index (χ3n) is 5.24. The molecule has 0 bridgehead atoms. The Kier molecular flexibility index (Phi) is 7.11. The van der Waals surface area contributed by atoms with Crippen molar-refractivity contribution in [1.29, 1.82) is 0 Å². The lowest BCUT2D eigenvalue weighted by atomic mass is 10.0. The first-order valence-electron chi connectivity index (χ1n) is 9.67. The molecule has 3 heterocycles. The summed E-state index contributed by atoms with van der Waals surface area (Å²) in [6.45, 7) is 11.5. The number of nitrogens with zero attached hydrogens (tertiary/aromatic N) is 3. The van der Waals surface area contributed by atoms with Crippen LogP contribution in [0, 0.1) is 0 Å². The smallest absolute Gasteiger partial charge is 0.189 e. The van der Waals surface area contributed by atoms with E-state index in [1.807, 2.05) is 11.8 Å². The zero-order valence-corrected chi connectivity index (χ0v) is 16.3. The van der Waals surface area contributed by atoms with Gasteiger partial charge in [0, 0.05) is 31.4 Å². The van der Waals surface area contributed by atoms with Gasteiger partial charge < -0.3 is 19.9 Å². The van der Waals surface area contributed by atoms with Crippen molar-refractivity contribution in [2.45, 2.75) is 51.1 Å². The molecule has 0 aliphatic carbocycles. The number of thioether (sulfide) groups is 1. The van der Waals surface area contributed by atoms with Crippen molar-refractivity contribution in [2.75, 3.05) is 38.5 Å². The molecule has 3 aliphatic heterocycles. The summed E-state index contributed by atoms with van der Waals surface area (Å²) in [6, 6.07) is 1.02. The molecule has 6 heteroatoms. The lowest BCUT2D eigenvalue weighted by molar-refractivity contribution is 0.115. The van der Waals surface area contributed by atoms with Crippen molar-refractivity contribution in [3.8, 4) is 0 Å². The van der Waals surface area contributed by atoms with Crippen LogP contribution in [0.2, 0.25) is 0 Å². The Bertz CT molecular complexity index is 494. The molecule has 1 unspecified atom stereocenters. The first-order valence-corrected chi connectivity index (χ1v) is 10.7. The highest BCUT2D eigenvalue weighted by molar-refractivity contribution is 8.13. The highest BCUT2D eigenvalue weighted by Gasteiger charge is 2.27. The predicted octanol–water partition coefficient (Wildman–Crippen LogP) is 3.02. The van der Waals surface area contributed by atoms with Crippen LogP contribution < -0.4 is 5.32 Å². The molecule has 0 spiro atoms. The van der Waals surface area contributed by atoms with Crippen LogP contribution in [0.15, 0.2) is 29.8 Å². The van der Waals surface area contributed by atoms with E-state index in [1.165, 1.54) is 56.6 Å². The minimum atomic E-state index is 0.234. The minimum Gasteiger partial charge on any atom is -0.450 e. The average Bonchev–Trinajstić information content (AvgIpc) is 2.74. The lowest BCUT2D eigenvalue weighted by Gasteiger charge is -2.41. The molecule has 2 saturated heterocycles. The Morgan fingerprint density at radius 2 is 2.00 bits per heavy atom. The van der Waals surface area contributed by atoms with Gasteiger partial charge in [-0.15, -0.1) is 0 Å². The molecule has 25 heavy (non-hydrogen) atoms. The van der Waals surface area contributed by atoms with Gasteiger partial charge >= 0.3 is 0 Å². The van der Waals surface area contributed by atoms with Crippen LogP contribution in [0.5, 0.6) is 0 Å². The maximum atomic E-state index is 5.41. The van der Waals surface area contributed by atoms with E-state index in [4.69, 9.17) is 9.73 Å². The number of nitrogens with one attached hydrogen (secondary N) is 1. The summed E-state index contributed by atoms with van der Waals surface area (Å²) >= 11 is 1.82. The molecule has 0 aromatic carbocycles. The first kappa shape index (κ1) is 18.6. The van der Waals surface area contributed by atoms with Crippen LogP contribution in [-0.4, -0.2) is 65.5 Å². The summed E-state index contributed by atoms with van der Waals surface area (Å²) < 4.78 is 5.41. The third-order valence-corrected chi connectivity index (χ3v) is 6.19. The van der Waals surface area contributed by atoms with Gasteiger partial charge in [-0.25, -0.2) is 0 Å². The molecule has 140 valence electrons. The van der Waals surface area contributed by atoms with Gasteiger partial charge in [-0.3, -0.25) is 4.99 Å². The topological polar surface area (TPSA) is 40.1 Å². The maximum absolute atomic E-state index is 5.41. The SMILES string of the molecule is C=CO/C1=C/CSC(N2CCC(N3CCCCC3)CC2)=NC(C)CN1. The molecule has 0 amide bonds. The van der Waals surface area contributed by atoms with Crippen LogP contribution in [-0.2, 0) is 4.74 Å². The molecule has 0 radical (unpaired) electrons. The molecule has 5 nitrogen and oxygen atoms in total. The monoisotopic (exact) mass is 364 g/mol. The summed E-state index contributed by atoms with van der Waals surface area (Å²) in [5.74, 6) is 1.66. The summed E-state index contributed by atoms with van der Waals surface area (Å²) in [7, 11) is 0. The summed E-state index contributed by atoms with van der Waals surface area (Å²) in [5, 5.41) is 4.50. The number of ether oxygens (including phenoxy) is 1. The van der Waals surface area contributed by atoms with Gasteiger partial charge in [0.2, 0.25) is 0 Å². The van der Waals surface area contributed by atoms with Crippen LogP contribution in [0.25, 0.3) is 0 Å². The van der Waals surface area contributed by atoms with E-state index < -0.39 is 0 Å². The van der Waals surface area contributed by atoms with Gasteiger partial charge in [-0.2, -0.15) is 0 Å². The molecule has 0 aromatic rings. The molecule has 2 fully saturated rings. The zero-order valence-electron chi connectivity index (χ0n) is 15.5. The number of piperidine rings is 2. The number of aliphatic imine (C=N–C) groups is 1. The van der Waals surface area contributed by atoms with Crippen molar-refractivity contribution in [3.05, 3.63) is 24.8 Å². The van der Waals surface area contributed by atoms with Crippen molar-refractivity contribution in [1.82, 2.24) is 15.1 Å². The van der Waals surface area contributed by atoms with E-state index in [0.29, 0.717) is 0 Å². The van der Waals surface area contributed by atoms with E-state index >= 15 is 0 Å². The van der Waals surface area contributed by atoms with E-state index in [1.54, 1.807) is 0 Å². The van der Waals surface area contributed by atoms with E-state index in [0.717, 1.165) is 37.3 Å². The molecule has 3 rings (SSSR count). The van der Waals surface area contributed by atoms with Gasteiger partial charge in [-0.05, 0) is 51.8 Å². The van der Waals surface area contributed by atoms with E-state index in [2.05, 4.69) is 34.7 Å². The Balaban J connectivity index is 1.55. The van der Waals surface area contributed by atoms with Crippen molar-refractivity contribution in [2.24, 2.45) is 4.99 Å². The molecule has 1 N–H and O–H groups in total. The number of rotatable bonds is 3. The Morgan fingerprint density at radius 3 is 2.72 bits per heavy atom. The summed E-state index contributed by atoms with van der Waals surface area (Å²) in [6.07, 6.45) is 10.3. The van der Waals surface area contributed by atoms with Gasteiger partial charge in [0.1, 0.15) is 0 Å². The van der Waals surface area contributed by atoms with Crippen LogP contribution in [0.4, 0.5) is 0 Å². The number of hydrogen-bond acceptors (Lipinski definition) is 6. The fourth-order valence-corrected chi connectivity index (χ4v) is 4.85. The summed E-state index contributed by atoms with van der Waals surface area (Å²) in [5.41, 5.74) is 0. The average molecular weight is 365 g/mol. The first-order chi connectivity index (χ1) is 12.3. The second kappa shape index (κ2) is 9.53. The Labute approximate surface area is 156 Å². The van der Waals surface area contributed by atoms with Crippen molar-refractivity contribution < 1.29 is 4.74 Å². The highest BCUT2D eigenvalue weighted by atomic mass is 32.2. The molecule has 3 aliphatic rings. The normalized spacial score (nSPS) is 29.3. The Morgan fingerprint density at radius 1 is 1.24 bits per heavy atom. The second-order valence-corrected chi connectivity index (χ2v) is 8.11. The van der Waals surface area contributed by atoms with Gasteiger partial charge in [0.15, 0.2) is 11.1 Å². The number of likely N-dealkylation sites (tertiary alicyclic amines) is 2. The fourth-order valence-electron chi connectivity index (χ4n) is 3.84. The van der Waals surface area contributed by atoms with Crippen LogP contribution >= 0.6 is 11.8 Å². The molecule has 0 saturated carbocycles. The quantitative estimate of drug-likeness (QED) is 0.780. The Hall–Kier alpha value is -1.14. The van der Waals surface area contributed by atoms with E-state index in [9.17, 15) is 0 Å². The fraction of sp³-hybridized carbons (Fsp3) is 0.737. The van der Waals surface area contributed by atoms with Gasteiger partial charge in [0.05, 0.1) is 12.3 Å². The largest absolute Gasteiger partial charge is 0.450 e. The lowest BCUT2D eigenvalue weighted by Crippen LogP contribution is -2.48. The van der Waals surface area contributed by atoms with Crippen molar-refractivity contribution in [3.63, 3.8) is 0 Å². The zero-order chi connectivity index (χ0) is 17.5. The number of amidine groups is 1. The minimum absolute atomic E-state index is 0.234. The van der Waals surface area contributed by atoms with Crippen molar-refractivity contribution >= 4 is 16.9 Å². The van der Waals surface area contributed by atoms with Crippen LogP contribution in [0.1, 0.15) is 39.0 Å². The standard InChI is InChI=1S/C19H32N4OS/c1-3-24-18-9-14-25-19(21-16(2)15-20-18)23-12-7-17(8-13-23)22-10-5-4-6-11-22/h3,9,16-17,20H,1,4-8,10-15H2,2H3/b18-9+,21-19?. The predicted molar refractivity (Wildman–Crippen MR) is 107 cm³/mol. The highest BCUT2D eigenvalue weighted by Crippen LogP contribution is 2.24. The van der Waals surface area contributed by atoms with Gasteiger partial charge in [-0.1, -0.05) is 24.8 Å². The van der Waals surface area contributed by atoms with Gasteiger partial charge in [0.25, 0.3) is 0 Å². The maximum Gasteiger partial charge on any atom is 0.189 e. The van der Waals surface area contributed by atoms with E-state index in [-0.39, 0.29) is 6.04 Å². The van der Waals surface area contributed by atoms with Crippen LogP contribution in [0.3, 0.4) is 0 Å². The second-order valence-electron chi connectivity index (χ2n) is 7.12. The third kappa shape index (κ3) is 5.42. The molecule has 0 aromatic heterocycles. The molecular weight excluding hydrogens is 332 g/mol. The number of hydrogen-bond donors (Lipinski definition) is 1. The molecule has 1 atom stereocenters. The molecular formula is C19H32N4OS.